The van der Waals surface area contributed by atoms with E-state index in [0.29, 0.717) is 5.82 Å². The summed E-state index contributed by atoms with van der Waals surface area (Å²) in [5.41, 5.74) is 17.8. The lowest BCUT2D eigenvalue weighted by Crippen LogP contribution is -2.19. The van der Waals surface area contributed by atoms with Crippen molar-refractivity contribution in [3.8, 4) is 56.2 Å². The largest absolute Gasteiger partial charge is 0.464 e. The maximum Gasteiger partial charge on any atom is 0.160 e. The van der Waals surface area contributed by atoms with Gasteiger partial charge in [0.15, 0.2) is 5.82 Å². The van der Waals surface area contributed by atoms with Gasteiger partial charge >= 0.3 is 0 Å². The number of hydrogen-bond donors (Lipinski definition) is 0. The van der Waals surface area contributed by atoms with Crippen molar-refractivity contribution in [3.05, 3.63) is 227 Å². The Morgan fingerprint density at radius 1 is 0.627 bits per heavy atom. The number of aryl methyl sites for hydroxylation is 1. The fourth-order valence-corrected chi connectivity index (χ4v) is 12.8. The Labute approximate surface area is 396 Å². The standard InChI is InChI=1S/C63H48N2OS/c1-39-36-53(49-26-13-19-40-16-6-7-22-46(40)49)60-59(63(2)35-11-10-30-57(63)66-60)52-28-14-24-47(58(39)52)41-31-33-43(34-32-41)62-64-54(42-17-4-3-5-18-42)38-55(65-62)45-21-12-20-44(37-45)48-25-15-27-51-50-23-8-9-29-56(50)67-61(48)51/h3-5,7-15,17-34,37-39,53H,6,16,35-36H2,1-2H3. The summed E-state index contributed by atoms with van der Waals surface area (Å²) >= 11 is 1.86. The van der Waals surface area contributed by atoms with E-state index in [0.717, 1.165) is 65.3 Å². The molecule has 0 amide bonds. The van der Waals surface area contributed by atoms with Crippen LogP contribution in [0, 0.1) is 5.41 Å². The lowest BCUT2D eigenvalue weighted by Gasteiger charge is -2.30. The number of allylic oxidation sites excluding steroid dienone is 6. The van der Waals surface area contributed by atoms with Crippen molar-refractivity contribution in [2.24, 2.45) is 5.41 Å². The van der Waals surface area contributed by atoms with Crippen LogP contribution in [-0.4, -0.2) is 9.97 Å². The van der Waals surface area contributed by atoms with Gasteiger partial charge in [0, 0.05) is 48.4 Å². The molecule has 0 radical (unpaired) electrons. The third-order valence-electron chi connectivity index (χ3n) is 14.8. The van der Waals surface area contributed by atoms with Gasteiger partial charge in [0.05, 0.1) is 16.8 Å². The van der Waals surface area contributed by atoms with E-state index in [-0.39, 0.29) is 17.3 Å². The molecule has 3 atom stereocenters. The highest BCUT2D eigenvalue weighted by Crippen LogP contribution is 2.61. The molecule has 0 saturated carbocycles. The minimum atomic E-state index is -0.238. The Morgan fingerprint density at radius 2 is 1.34 bits per heavy atom. The van der Waals surface area contributed by atoms with Crippen molar-refractivity contribution in [1.29, 1.82) is 0 Å². The number of aromatic nitrogens is 2. The van der Waals surface area contributed by atoms with E-state index in [1.165, 1.54) is 75.8 Å². The molecule has 4 heteroatoms. The van der Waals surface area contributed by atoms with Crippen molar-refractivity contribution in [1.82, 2.24) is 9.97 Å². The molecule has 67 heavy (non-hydrogen) atoms. The average Bonchev–Trinajstić information content (AvgIpc) is 3.89. The number of benzene rings is 7. The van der Waals surface area contributed by atoms with E-state index >= 15 is 0 Å². The van der Waals surface area contributed by atoms with E-state index in [1.807, 2.05) is 11.3 Å². The zero-order valence-electron chi connectivity index (χ0n) is 37.7. The van der Waals surface area contributed by atoms with Crippen LogP contribution in [0.15, 0.2) is 200 Å². The third kappa shape index (κ3) is 6.60. The van der Waals surface area contributed by atoms with Crippen molar-refractivity contribution in [2.75, 3.05) is 0 Å². The lowest BCUT2D eigenvalue weighted by atomic mass is 9.71. The molecule has 0 N–H and O–H groups in total. The number of ether oxygens (including phenoxy) is 1. The molecular weight excluding hydrogens is 833 g/mol. The molecule has 3 unspecified atom stereocenters. The molecule has 1 aliphatic heterocycles. The fourth-order valence-electron chi connectivity index (χ4n) is 11.5. The summed E-state index contributed by atoms with van der Waals surface area (Å²) in [5.74, 6) is 3.33. The quantitative estimate of drug-likeness (QED) is 0.167. The van der Waals surface area contributed by atoms with Crippen LogP contribution in [-0.2, 0) is 11.2 Å². The van der Waals surface area contributed by atoms with Crippen molar-refractivity contribution in [2.45, 2.75) is 51.4 Å². The Balaban J connectivity index is 0.901. The number of rotatable bonds is 6. The Kier molecular flexibility index (Phi) is 9.47. The number of nitrogens with zero attached hydrogens (tertiary/aromatic N) is 2. The first-order chi connectivity index (χ1) is 33.0. The van der Waals surface area contributed by atoms with Gasteiger partial charge in [-0.05, 0) is 113 Å². The highest BCUT2D eigenvalue weighted by Gasteiger charge is 2.49. The molecule has 7 aromatic carbocycles. The fraction of sp³-hybridized carbons (Fsp3) is 0.143. The summed E-state index contributed by atoms with van der Waals surface area (Å²) in [6.45, 7) is 4.82. The van der Waals surface area contributed by atoms with Crippen molar-refractivity contribution in [3.63, 3.8) is 0 Å². The topological polar surface area (TPSA) is 35.0 Å². The van der Waals surface area contributed by atoms with Gasteiger partial charge in [0.1, 0.15) is 11.5 Å². The van der Waals surface area contributed by atoms with E-state index in [1.54, 1.807) is 0 Å². The van der Waals surface area contributed by atoms with Crippen LogP contribution in [0.5, 0.6) is 0 Å². The lowest BCUT2D eigenvalue weighted by molar-refractivity contribution is 0.246. The van der Waals surface area contributed by atoms with Crippen LogP contribution in [0.25, 0.3) is 88.0 Å². The molecule has 4 aliphatic rings. The van der Waals surface area contributed by atoms with Gasteiger partial charge in [-0.25, -0.2) is 9.97 Å². The first-order valence-electron chi connectivity index (χ1n) is 23.8. The van der Waals surface area contributed by atoms with Gasteiger partial charge in [-0.3, -0.25) is 0 Å². The predicted molar refractivity (Wildman–Crippen MR) is 280 cm³/mol. The Hall–Kier alpha value is -7.40. The molecule has 2 aromatic heterocycles. The molecule has 13 rings (SSSR count). The van der Waals surface area contributed by atoms with Crippen LogP contribution in [0.1, 0.15) is 72.8 Å². The van der Waals surface area contributed by atoms with Crippen LogP contribution in [0.4, 0.5) is 0 Å². The molecule has 0 saturated heterocycles. The smallest absolute Gasteiger partial charge is 0.160 e. The monoisotopic (exact) mass is 880 g/mol. The van der Waals surface area contributed by atoms with E-state index in [4.69, 9.17) is 14.7 Å². The average molecular weight is 881 g/mol. The second-order valence-corrected chi connectivity index (χ2v) is 20.0. The van der Waals surface area contributed by atoms with Gasteiger partial charge < -0.3 is 4.74 Å². The second kappa shape index (κ2) is 15.9. The summed E-state index contributed by atoms with van der Waals surface area (Å²) < 4.78 is 9.73. The van der Waals surface area contributed by atoms with Crippen LogP contribution < -0.4 is 0 Å². The van der Waals surface area contributed by atoms with Crippen LogP contribution in [0.2, 0.25) is 0 Å². The third-order valence-corrected chi connectivity index (χ3v) is 16.1. The molecular formula is C63H48N2OS. The summed E-state index contributed by atoms with van der Waals surface area (Å²) in [7, 11) is 0. The predicted octanol–water partition coefficient (Wildman–Crippen LogP) is 17.0. The summed E-state index contributed by atoms with van der Waals surface area (Å²) in [6, 6.07) is 59.7. The Bertz CT molecular complexity index is 3590. The first-order valence-corrected chi connectivity index (χ1v) is 24.6. The molecule has 0 bridgehead atoms. The number of thiophene rings is 1. The summed E-state index contributed by atoms with van der Waals surface area (Å²) in [4.78, 5) is 10.6. The zero-order chi connectivity index (χ0) is 44.6. The Morgan fingerprint density at radius 3 is 2.24 bits per heavy atom. The van der Waals surface area contributed by atoms with Crippen LogP contribution >= 0.6 is 11.3 Å². The van der Waals surface area contributed by atoms with Gasteiger partial charge in [0.25, 0.3) is 0 Å². The maximum absolute atomic E-state index is 7.12. The van der Waals surface area contributed by atoms with E-state index in [2.05, 4.69) is 208 Å². The summed E-state index contributed by atoms with van der Waals surface area (Å²) in [5, 5.41) is 2.61. The maximum atomic E-state index is 7.12. The highest BCUT2D eigenvalue weighted by molar-refractivity contribution is 7.26. The number of hydrogen-bond acceptors (Lipinski definition) is 4. The minimum absolute atomic E-state index is 0.141. The molecule has 9 aromatic rings. The highest BCUT2D eigenvalue weighted by atomic mass is 32.1. The van der Waals surface area contributed by atoms with E-state index in [9.17, 15) is 0 Å². The van der Waals surface area contributed by atoms with Gasteiger partial charge in [0.2, 0.25) is 0 Å². The zero-order valence-corrected chi connectivity index (χ0v) is 38.5. The molecule has 3 aliphatic carbocycles. The van der Waals surface area contributed by atoms with E-state index < -0.39 is 0 Å². The SMILES string of the molecule is CC1CC(c2cccc3c2C=CCC3)C2=C(c3cccc(-c4ccc(-c5nc(-c6ccccc6)cc(-c6cccc(-c7cccc8c7sc7ccccc78)c6)n5)cc4)c31)C1(C)CC=CC=C1O2. The van der Waals surface area contributed by atoms with Gasteiger partial charge in [-0.2, -0.15) is 0 Å². The molecule has 3 heterocycles. The van der Waals surface area contributed by atoms with Crippen LogP contribution in [0.3, 0.4) is 0 Å². The molecule has 0 spiro atoms. The van der Waals surface area contributed by atoms with Gasteiger partial charge in [-0.1, -0.05) is 177 Å². The normalized spacial score (nSPS) is 19.3. The number of fused-ring (bicyclic) bond motifs is 8. The van der Waals surface area contributed by atoms with Crippen molar-refractivity contribution < 1.29 is 4.74 Å². The first kappa shape index (κ1) is 39.9. The molecule has 3 nitrogen and oxygen atoms in total. The molecule has 0 fully saturated rings. The van der Waals surface area contributed by atoms with Gasteiger partial charge in [-0.15, -0.1) is 11.3 Å². The second-order valence-electron chi connectivity index (χ2n) is 18.9. The molecule has 322 valence electrons. The minimum Gasteiger partial charge on any atom is -0.464 e. The van der Waals surface area contributed by atoms with Crippen molar-refractivity contribution >= 4 is 43.2 Å². The summed E-state index contributed by atoms with van der Waals surface area (Å²) in [6.07, 6.45) is 15.4.